The zero-order valence-electron chi connectivity index (χ0n) is 19.0. The smallest absolute Gasteiger partial charge is 0.193 e. The minimum Gasteiger partial charge on any atom is -0.458 e. The minimum atomic E-state index is -0.112. The van der Waals surface area contributed by atoms with Gasteiger partial charge in [0.1, 0.15) is 23.0 Å². The Balaban J connectivity index is 1.63. The predicted molar refractivity (Wildman–Crippen MR) is 131 cm³/mol. The first kappa shape index (κ1) is 23.5. The van der Waals surface area contributed by atoms with E-state index >= 15 is 0 Å². The summed E-state index contributed by atoms with van der Waals surface area (Å²) < 4.78 is 11.7. The molecule has 3 rings (SSSR count). The Hall–Kier alpha value is -4.18. The summed E-state index contributed by atoms with van der Waals surface area (Å²) in [6, 6.07) is 20.9. The molecule has 0 saturated heterocycles. The van der Waals surface area contributed by atoms with Crippen molar-refractivity contribution in [3.05, 3.63) is 126 Å². The fraction of sp³-hybridized carbons (Fsp3) is 0.103. The average Bonchev–Trinajstić information content (AvgIpc) is 2.83. The van der Waals surface area contributed by atoms with Crippen molar-refractivity contribution in [1.82, 2.24) is 0 Å². The van der Waals surface area contributed by atoms with Crippen LogP contribution in [0.15, 0.2) is 109 Å². The number of Topliss-reactive ketones (excluding diaryl/α,β-unsaturated/α-hetero) is 1. The maximum absolute atomic E-state index is 12.7. The van der Waals surface area contributed by atoms with Crippen LogP contribution in [0.2, 0.25) is 0 Å². The summed E-state index contributed by atoms with van der Waals surface area (Å²) in [6.07, 6.45) is 5.64. The summed E-state index contributed by atoms with van der Waals surface area (Å²) in [7, 11) is 0. The lowest BCUT2D eigenvalue weighted by molar-refractivity contribution is 0.101. The molecule has 4 nitrogen and oxygen atoms in total. The van der Waals surface area contributed by atoms with Crippen LogP contribution in [0.1, 0.15) is 47.1 Å². The second kappa shape index (κ2) is 10.9. The van der Waals surface area contributed by atoms with Crippen molar-refractivity contribution in [2.45, 2.75) is 20.8 Å². The molecule has 0 aliphatic carbocycles. The van der Waals surface area contributed by atoms with Gasteiger partial charge in [0.2, 0.25) is 0 Å². The van der Waals surface area contributed by atoms with Crippen LogP contribution in [0.4, 0.5) is 0 Å². The van der Waals surface area contributed by atoms with E-state index in [1.165, 1.54) is 6.92 Å². The van der Waals surface area contributed by atoms with Crippen molar-refractivity contribution < 1.29 is 19.1 Å². The van der Waals surface area contributed by atoms with E-state index < -0.39 is 0 Å². The average molecular weight is 439 g/mol. The summed E-state index contributed by atoms with van der Waals surface area (Å²) in [6.45, 7) is 9.17. The molecule has 0 aromatic heterocycles. The maximum Gasteiger partial charge on any atom is 0.193 e. The third-order valence-corrected chi connectivity index (χ3v) is 4.78. The van der Waals surface area contributed by atoms with Crippen LogP contribution >= 0.6 is 0 Å². The van der Waals surface area contributed by atoms with E-state index in [2.05, 4.69) is 6.58 Å². The number of ketones is 2. The molecule has 0 fully saturated rings. The number of allylic oxidation sites excluding steroid dienone is 4. The fourth-order valence-electron chi connectivity index (χ4n) is 2.96. The highest BCUT2D eigenvalue weighted by atomic mass is 16.5. The molecule has 166 valence electrons. The van der Waals surface area contributed by atoms with Gasteiger partial charge >= 0.3 is 0 Å². The number of rotatable bonds is 9. The first-order valence-corrected chi connectivity index (χ1v) is 10.6. The fourth-order valence-corrected chi connectivity index (χ4v) is 2.96. The molecule has 3 aromatic carbocycles. The van der Waals surface area contributed by atoms with Gasteiger partial charge in [-0.05, 0) is 81.5 Å². The minimum absolute atomic E-state index is 0.0306. The molecule has 0 N–H and O–H groups in total. The Labute approximate surface area is 194 Å². The van der Waals surface area contributed by atoms with Gasteiger partial charge in [-0.15, -0.1) is 0 Å². The molecule has 0 saturated carbocycles. The molecule has 0 heterocycles. The third-order valence-electron chi connectivity index (χ3n) is 4.78. The highest BCUT2D eigenvalue weighted by Gasteiger charge is 2.10. The van der Waals surface area contributed by atoms with Gasteiger partial charge in [0, 0.05) is 16.7 Å². The number of hydrogen-bond acceptors (Lipinski definition) is 4. The van der Waals surface area contributed by atoms with Crippen LogP contribution < -0.4 is 9.47 Å². The quantitative estimate of drug-likeness (QED) is 0.199. The third kappa shape index (κ3) is 6.65. The van der Waals surface area contributed by atoms with Crippen LogP contribution in [0.5, 0.6) is 17.2 Å². The summed E-state index contributed by atoms with van der Waals surface area (Å²) in [4.78, 5) is 24.1. The highest BCUT2D eigenvalue weighted by molar-refractivity contribution is 6.09. The molecule has 0 bridgehead atoms. The molecule has 0 unspecified atom stereocenters. The van der Waals surface area contributed by atoms with Crippen LogP contribution in [-0.4, -0.2) is 11.6 Å². The Morgan fingerprint density at radius 1 is 0.697 bits per heavy atom. The predicted octanol–water partition coefficient (Wildman–Crippen LogP) is 7.33. The number of ether oxygens (including phenoxy) is 2. The Morgan fingerprint density at radius 2 is 1.15 bits per heavy atom. The van der Waals surface area contributed by atoms with E-state index in [1.807, 2.05) is 56.3 Å². The van der Waals surface area contributed by atoms with Crippen LogP contribution in [0, 0.1) is 0 Å². The molecule has 4 heteroatoms. The van der Waals surface area contributed by atoms with E-state index in [9.17, 15) is 9.59 Å². The molecule has 0 aliphatic heterocycles. The van der Waals surface area contributed by atoms with E-state index in [1.54, 1.807) is 48.5 Å². The molecule has 0 aliphatic rings. The van der Waals surface area contributed by atoms with E-state index in [0.717, 1.165) is 11.3 Å². The summed E-state index contributed by atoms with van der Waals surface area (Å²) >= 11 is 0. The van der Waals surface area contributed by atoms with Gasteiger partial charge in [-0.2, -0.15) is 0 Å². The highest BCUT2D eigenvalue weighted by Crippen LogP contribution is 2.25. The van der Waals surface area contributed by atoms with E-state index in [4.69, 9.17) is 9.47 Å². The van der Waals surface area contributed by atoms with E-state index in [-0.39, 0.29) is 11.6 Å². The van der Waals surface area contributed by atoms with Crippen molar-refractivity contribution in [3.8, 4) is 17.2 Å². The van der Waals surface area contributed by atoms with Crippen LogP contribution in [-0.2, 0) is 0 Å². The Morgan fingerprint density at radius 3 is 1.64 bits per heavy atom. The molecule has 0 radical (unpaired) electrons. The molecule has 33 heavy (non-hydrogen) atoms. The molecular weight excluding hydrogens is 412 g/mol. The van der Waals surface area contributed by atoms with Gasteiger partial charge < -0.3 is 9.47 Å². The first-order valence-electron chi connectivity index (χ1n) is 10.6. The van der Waals surface area contributed by atoms with Crippen molar-refractivity contribution in [2.24, 2.45) is 0 Å². The van der Waals surface area contributed by atoms with Crippen molar-refractivity contribution in [2.75, 3.05) is 0 Å². The summed E-state index contributed by atoms with van der Waals surface area (Å²) in [5.74, 6) is 2.54. The Kier molecular flexibility index (Phi) is 7.77. The van der Waals surface area contributed by atoms with Gasteiger partial charge in [-0.3, -0.25) is 9.59 Å². The normalized spacial score (nSPS) is 11.3. The van der Waals surface area contributed by atoms with Crippen molar-refractivity contribution in [3.63, 3.8) is 0 Å². The molecular formula is C29H26O4. The second-order valence-corrected chi connectivity index (χ2v) is 7.53. The topological polar surface area (TPSA) is 52.6 Å². The van der Waals surface area contributed by atoms with Crippen molar-refractivity contribution >= 4 is 11.6 Å². The lowest BCUT2D eigenvalue weighted by Crippen LogP contribution is -2.02. The number of carbonyl (C=O) groups is 2. The largest absolute Gasteiger partial charge is 0.458 e. The van der Waals surface area contributed by atoms with Gasteiger partial charge in [0.15, 0.2) is 11.6 Å². The lowest BCUT2D eigenvalue weighted by Gasteiger charge is -2.09. The SMILES string of the molecule is C=C(C)/C=C\C(=C/C)Oc1ccc(Oc2ccc(C(=O)c3ccc(C(C)=O)cc3)cc2)cc1. The molecule has 3 aromatic rings. The summed E-state index contributed by atoms with van der Waals surface area (Å²) in [5.41, 5.74) is 2.60. The zero-order chi connectivity index (χ0) is 23.8. The van der Waals surface area contributed by atoms with E-state index in [0.29, 0.717) is 33.9 Å². The molecule has 0 atom stereocenters. The first-order chi connectivity index (χ1) is 15.9. The Bertz CT molecular complexity index is 1200. The monoisotopic (exact) mass is 438 g/mol. The summed E-state index contributed by atoms with van der Waals surface area (Å²) in [5, 5.41) is 0. The second-order valence-electron chi connectivity index (χ2n) is 7.53. The van der Waals surface area contributed by atoms with Gasteiger partial charge in [0.25, 0.3) is 0 Å². The van der Waals surface area contributed by atoms with Gasteiger partial charge in [-0.1, -0.05) is 42.5 Å². The van der Waals surface area contributed by atoms with Crippen molar-refractivity contribution in [1.29, 1.82) is 0 Å². The molecule has 0 spiro atoms. The number of carbonyl (C=O) groups excluding carboxylic acids is 2. The number of benzene rings is 3. The lowest BCUT2D eigenvalue weighted by atomic mass is 10.0. The zero-order valence-corrected chi connectivity index (χ0v) is 19.0. The number of hydrogen-bond donors (Lipinski definition) is 0. The standard InChI is InChI=1S/C29H26O4/c1-5-25(13-6-20(2)3)32-27-16-18-28(19-17-27)33-26-14-11-24(12-15-26)29(31)23-9-7-22(8-10-23)21(4)30/h5-19H,2H2,1,3-4H3/b13-6-,25-5+. The molecule has 0 amide bonds. The van der Waals surface area contributed by atoms with Gasteiger partial charge in [-0.25, -0.2) is 0 Å². The maximum atomic E-state index is 12.7. The van der Waals surface area contributed by atoms with Gasteiger partial charge in [0.05, 0.1) is 0 Å². The van der Waals surface area contributed by atoms with Crippen LogP contribution in [0.3, 0.4) is 0 Å². The van der Waals surface area contributed by atoms with Crippen LogP contribution in [0.25, 0.3) is 0 Å².